The van der Waals surface area contributed by atoms with Crippen LogP contribution in [0, 0.1) is 5.82 Å². The van der Waals surface area contributed by atoms with Crippen molar-refractivity contribution in [2.24, 2.45) is 0 Å². The average molecular weight is 445 g/mol. The number of halogens is 1. The van der Waals surface area contributed by atoms with Crippen LogP contribution in [0.15, 0.2) is 72.1 Å². The van der Waals surface area contributed by atoms with Gasteiger partial charge in [0, 0.05) is 34.9 Å². The van der Waals surface area contributed by atoms with Gasteiger partial charge in [0.15, 0.2) is 16.8 Å². The number of fused-ring (bicyclic) bond motifs is 1. The summed E-state index contributed by atoms with van der Waals surface area (Å²) in [6.45, 7) is 0. The first-order chi connectivity index (χ1) is 15.6. The van der Waals surface area contributed by atoms with Crippen molar-refractivity contribution in [2.45, 2.75) is 11.6 Å². The Kier molecular flexibility index (Phi) is 5.24. The van der Waals surface area contributed by atoms with Crippen molar-refractivity contribution >= 4 is 29.1 Å². The Morgan fingerprint density at radius 1 is 1.06 bits per heavy atom. The van der Waals surface area contributed by atoms with Crippen molar-refractivity contribution in [3.05, 3.63) is 83.9 Å². The second kappa shape index (κ2) is 8.35. The Morgan fingerprint density at radius 2 is 1.84 bits per heavy atom. The number of nitrogens with one attached hydrogen (secondary N) is 1. The third kappa shape index (κ3) is 3.90. The second-order valence-electron chi connectivity index (χ2n) is 7.16. The van der Waals surface area contributed by atoms with Crippen LogP contribution >= 0.6 is 11.8 Å². The maximum atomic E-state index is 13.5. The fourth-order valence-electron chi connectivity index (χ4n) is 3.49. The minimum absolute atomic E-state index is 0.0741. The summed E-state index contributed by atoms with van der Waals surface area (Å²) in [5.74, 6) is 0.194. The molecule has 1 aliphatic rings. The number of hydrogen-bond donors (Lipinski definition) is 1. The van der Waals surface area contributed by atoms with Crippen LogP contribution in [0.4, 0.5) is 10.1 Å². The number of Topliss-reactive ketones (excluding diaryl/α,β-unsaturated/α-hetero) is 1. The summed E-state index contributed by atoms with van der Waals surface area (Å²) >= 11 is 1.25. The Bertz CT molecular complexity index is 1320. The van der Waals surface area contributed by atoms with Gasteiger partial charge in [-0.25, -0.2) is 4.39 Å². The summed E-state index contributed by atoms with van der Waals surface area (Å²) in [6.07, 6.45) is 3.59. The molecule has 4 aromatic rings. The average Bonchev–Trinajstić information content (AvgIpc) is 3.40. The molecule has 0 atom stereocenters. The standard InChI is InChI=1S/C23H16FN5O2S/c24-17-2-4-18(5-3-17)29-22(14-7-9-25-10-8-14)27-28-23(29)32-13-20(30)15-1-6-19-16(11-15)12-21(31)26-19/h1-11H,12-13H2,(H,26,31). The molecule has 0 radical (unpaired) electrons. The summed E-state index contributed by atoms with van der Waals surface area (Å²) in [5, 5.41) is 11.9. The number of rotatable bonds is 6. The summed E-state index contributed by atoms with van der Waals surface area (Å²) < 4.78 is 15.3. The third-order valence-electron chi connectivity index (χ3n) is 5.04. The molecule has 32 heavy (non-hydrogen) atoms. The first kappa shape index (κ1) is 20.1. The number of benzene rings is 2. The Hall–Kier alpha value is -3.85. The van der Waals surface area contributed by atoms with Gasteiger partial charge < -0.3 is 5.32 Å². The fraction of sp³-hybridized carbons (Fsp3) is 0.0870. The molecule has 9 heteroatoms. The van der Waals surface area contributed by atoms with E-state index in [1.165, 1.54) is 23.9 Å². The second-order valence-corrected chi connectivity index (χ2v) is 8.11. The van der Waals surface area contributed by atoms with E-state index in [1.807, 2.05) is 12.1 Å². The number of pyridine rings is 1. The number of carbonyl (C=O) groups excluding carboxylic acids is 2. The lowest BCUT2D eigenvalue weighted by molar-refractivity contribution is -0.115. The molecule has 0 saturated heterocycles. The zero-order valence-corrected chi connectivity index (χ0v) is 17.5. The number of nitrogens with zero attached hydrogens (tertiary/aromatic N) is 4. The van der Waals surface area contributed by atoms with Crippen LogP contribution in [-0.2, 0) is 11.2 Å². The predicted molar refractivity (Wildman–Crippen MR) is 118 cm³/mol. The fourth-order valence-corrected chi connectivity index (χ4v) is 4.34. The van der Waals surface area contributed by atoms with Gasteiger partial charge in [0.25, 0.3) is 0 Å². The van der Waals surface area contributed by atoms with Crippen LogP contribution in [-0.4, -0.2) is 37.2 Å². The Balaban J connectivity index is 1.43. The SMILES string of the molecule is O=C1Cc2cc(C(=O)CSc3nnc(-c4ccncc4)n3-c3ccc(F)cc3)ccc2N1. The molecule has 3 heterocycles. The van der Waals surface area contributed by atoms with Gasteiger partial charge in [-0.15, -0.1) is 10.2 Å². The van der Waals surface area contributed by atoms with E-state index in [9.17, 15) is 14.0 Å². The Labute approximate surface area is 186 Å². The normalized spacial score (nSPS) is 12.5. The minimum atomic E-state index is -0.346. The molecule has 2 aromatic heterocycles. The molecule has 1 N–H and O–H groups in total. The summed E-state index contributed by atoms with van der Waals surface area (Å²) in [7, 11) is 0. The van der Waals surface area contributed by atoms with E-state index in [1.54, 1.807) is 47.3 Å². The molecule has 0 aliphatic carbocycles. The van der Waals surface area contributed by atoms with Crippen molar-refractivity contribution in [3.63, 3.8) is 0 Å². The molecule has 1 amide bonds. The highest BCUT2D eigenvalue weighted by molar-refractivity contribution is 7.99. The smallest absolute Gasteiger partial charge is 0.228 e. The number of amides is 1. The zero-order chi connectivity index (χ0) is 22.1. The number of aromatic nitrogens is 4. The lowest BCUT2D eigenvalue weighted by Crippen LogP contribution is -2.05. The van der Waals surface area contributed by atoms with Crippen molar-refractivity contribution in [3.8, 4) is 17.1 Å². The third-order valence-corrected chi connectivity index (χ3v) is 5.97. The highest BCUT2D eigenvalue weighted by Crippen LogP contribution is 2.29. The van der Waals surface area contributed by atoms with Crippen molar-refractivity contribution < 1.29 is 14.0 Å². The molecule has 0 saturated carbocycles. The maximum absolute atomic E-state index is 13.5. The summed E-state index contributed by atoms with van der Waals surface area (Å²) in [4.78, 5) is 28.4. The van der Waals surface area contributed by atoms with E-state index in [-0.39, 0.29) is 29.7 Å². The van der Waals surface area contributed by atoms with Gasteiger partial charge >= 0.3 is 0 Å². The van der Waals surface area contributed by atoms with Gasteiger partial charge in [-0.05, 0) is 60.2 Å². The van der Waals surface area contributed by atoms with Crippen LogP contribution in [0.2, 0.25) is 0 Å². The van der Waals surface area contributed by atoms with Crippen LogP contribution in [0.5, 0.6) is 0 Å². The number of carbonyl (C=O) groups is 2. The largest absolute Gasteiger partial charge is 0.326 e. The molecule has 1 aliphatic heterocycles. The quantitative estimate of drug-likeness (QED) is 0.357. The summed E-state index contributed by atoms with van der Waals surface area (Å²) in [6, 6.07) is 14.8. The highest BCUT2D eigenvalue weighted by Gasteiger charge is 2.21. The number of ketones is 1. The first-order valence-electron chi connectivity index (χ1n) is 9.79. The molecule has 2 aromatic carbocycles. The predicted octanol–water partition coefficient (Wildman–Crippen LogP) is 3.94. The van der Waals surface area contributed by atoms with E-state index in [4.69, 9.17) is 0 Å². The van der Waals surface area contributed by atoms with Gasteiger partial charge in [-0.2, -0.15) is 0 Å². The number of hydrogen-bond acceptors (Lipinski definition) is 6. The molecule has 5 rings (SSSR count). The molecule has 7 nitrogen and oxygen atoms in total. The van der Waals surface area contributed by atoms with Gasteiger partial charge in [-0.1, -0.05) is 11.8 Å². The molecule has 0 bridgehead atoms. The van der Waals surface area contributed by atoms with Crippen molar-refractivity contribution in [1.82, 2.24) is 19.7 Å². The van der Waals surface area contributed by atoms with Gasteiger partial charge in [0.2, 0.25) is 5.91 Å². The molecule has 0 spiro atoms. The lowest BCUT2D eigenvalue weighted by Gasteiger charge is -2.10. The van der Waals surface area contributed by atoms with E-state index < -0.39 is 0 Å². The van der Waals surface area contributed by atoms with E-state index in [0.29, 0.717) is 22.2 Å². The maximum Gasteiger partial charge on any atom is 0.228 e. The molecule has 0 unspecified atom stereocenters. The topological polar surface area (TPSA) is 89.8 Å². The Morgan fingerprint density at radius 3 is 2.62 bits per heavy atom. The van der Waals surface area contributed by atoms with Crippen LogP contribution in [0.3, 0.4) is 0 Å². The first-order valence-corrected chi connectivity index (χ1v) is 10.8. The van der Waals surface area contributed by atoms with Gasteiger partial charge in [0.1, 0.15) is 5.82 Å². The molecule has 158 valence electrons. The zero-order valence-electron chi connectivity index (χ0n) is 16.7. The van der Waals surface area contributed by atoms with Crippen molar-refractivity contribution in [1.29, 1.82) is 0 Å². The van der Waals surface area contributed by atoms with Crippen LogP contribution in [0.1, 0.15) is 15.9 Å². The molecule has 0 fully saturated rings. The van der Waals surface area contributed by atoms with Crippen LogP contribution in [0.25, 0.3) is 17.1 Å². The van der Waals surface area contributed by atoms with Crippen LogP contribution < -0.4 is 5.32 Å². The monoisotopic (exact) mass is 445 g/mol. The van der Waals surface area contributed by atoms with E-state index in [0.717, 1.165) is 16.8 Å². The number of anilines is 1. The highest BCUT2D eigenvalue weighted by atomic mass is 32.2. The van der Waals surface area contributed by atoms with Crippen molar-refractivity contribution in [2.75, 3.05) is 11.1 Å². The van der Waals surface area contributed by atoms with E-state index in [2.05, 4.69) is 20.5 Å². The van der Waals surface area contributed by atoms with Gasteiger partial charge in [0.05, 0.1) is 12.2 Å². The number of thioether (sulfide) groups is 1. The molecular formula is C23H16FN5O2S. The van der Waals surface area contributed by atoms with E-state index >= 15 is 0 Å². The van der Waals surface area contributed by atoms with Gasteiger partial charge in [-0.3, -0.25) is 19.1 Å². The molecular weight excluding hydrogens is 429 g/mol. The minimum Gasteiger partial charge on any atom is -0.326 e. The summed E-state index contributed by atoms with van der Waals surface area (Å²) in [5.41, 5.74) is 3.58. The lowest BCUT2D eigenvalue weighted by atomic mass is 10.1.